The van der Waals surface area contributed by atoms with Crippen LogP contribution in [-0.2, 0) is 6.18 Å². The summed E-state index contributed by atoms with van der Waals surface area (Å²) in [7, 11) is 0. The highest BCUT2D eigenvalue weighted by Crippen LogP contribution is 2.40. The number of alkyl halides is 3. The second kappa shape index (κ2) is 7.83. The molecule has 2 amide bonds. The third-order valence-electron chi connectivity index (χ3n) is 4.96. The molecule has 1 aliphatic heterocycles. The molecule has 0 radical (unpaired) electrons. The zero-order valence-electron chi connectivity index (χ0n) is 16.1. The van der Waals surface area contributed by atoms with Crippen LogP contribution in [0.25, 0.3) is 0 Å². The van der Waals surface area contributed by atoms with Gasteiger partial charge < -0.3 is 16.4 Å². The van der Waals surface area contributed by atoms with E-state index in [-0.39, 0.29) is 16.9 Å². The Bertz CT molecular complexity index is 1260. The van der Waals surface area contributed by atoms with Crippen LogP contribution in [0, 0.1) is 5.82 Å². The molecule has 0 saturated carbocycles. The maximum atomic E-state index is 13.8. The molecule has 164 valence electrons. The Kier molecular flexibility index (Phi) is 5.29. The molecular weight excluding hydrogens is 450 g/mol. The third kappa shape index (κ3) is 3.99. The number of amides is 2. The summed E-state index contributed by atoms with van der Waals surface area (Å²) in [4.78, 5) is 25.3. The molecule has 10 heteroatoms. The molecule has 0 bridgehead atoms. The van der Waals surface area contributed by atoms with Crippen LogP contribution >= 0.6 is 11.6 Å². The summed E-state index contributed by atoms with van der Waals surface area (Å²) in [5.74, 6) is -2.67. The molecule has 4 N–H and O–H groups in total. The van der Waals surface area contributed by atoms with Crippen molar-refractivity contribution in [3.63, 3.8) is 0 Å². The van der Waals surface area contributed by atoms with Crippen LogP contribution in [-0.4, -0.2) is 11.8 Å². The smallest absolute Gasteiger partial charge is 0.399 e. The highest BCUT2D eigenvalue weighted by molar-refractivity contribution is 6.31. The van der Waals surface area contributed by atoms with E-state index in [2.05, 4.69) is 10.6 Å². The highest BCUT2D eigenvalue weighted by atomic mass is 35.5. The van der Waals surface area contributed by atoms with Crippen LogP contribution in [0.3, 0.4) is 0 Å². The number of rotatable bonds is 3. The van der Waals surface area contributed by atoms with Crippen molar-refractivity contribution in [3.05, 3.63) is 93.3 Å². The number of hydrogen-bond acceptors (Lipinski definition) is 3. The van der Waals surface area contributed by atoms with E-state index >= 15 is 0 Å². The van der Waals surface area contributed by atoms with Crippen LogP contribution in [0.5, 0.6) is 0 Å². The van der Waals surface area contributed by atoms with Crippen molar-refractivity contribution in [2.24, 2.45) is 0 Å². The van der Waals surface area contributed by atoms with Gasteiger partial charge >= 0.3 is 6.18 Å². The van der Waals surface area contributed by atoms with Gasteiger partial charge in [-0.1, -0.05) is 29.8 Å². The molecule has 0 aromatic heterocycles. The maximum absolute atomic E-state index is 13.8. The fourth-order valence-corrected chi connectivity index (χ4v) is 3.83. The van der Waals surface area contributed by atoms with Gasteiger partial charge in [-0.15, -0.1) is 0 Å². The lowest BCUT2D eigenvalue weighted by Gasteiger charge is -2.18. The molecule has 3 aromatic carbocycles. The van der Waals surface area contributed by atoms with Crippen molar-refractivity contribution in [1.29, 1.82) is 0 Å². The Morgan fingerprint density at radius 3 is 2.50 bits per heavy atom. The van der Waals surface area contributed by atoms with Crippen LogP contribution in [0.4, 0.5) is 28.9 Å². The summed E-state index contributed by atoms with van der Waals surface area (Å²) in [5, 5.41) is 5.57. The quantitative estimate of drug-likeness (QED) is 0.370. The van der Waals surface area contributed by atoms with Crippen LogP contribution in [0.1, 0.15) is 43.4 Å². The van der Waals surface area contributed by atoms with Gasteiger partial charge in [-0.2, -0.15) is 13.2 Å². The van der Waals surface area contributed by atoms with Crippen LogP contribution in [0.15, 0.2) is 54.6 Å². The molecular formula is C22H14ClF4N3O2. The minimum Gasteiger partial charge on any atom is -0.399 e. The first-order chi connectivity index (χ1) is 15.0. The van der Waals surface area contributed by atoms with E-state index in [1.165, 1.54) is 12.1 Å². The molecule has 1 aliphatic rings. The van der Waals surface area contributed by atoms with E-state index in [9.17, 15) is 27.2 Å². The Balaban J connectivity index is 1.77. The lowest BCUT2D eigenvalue weighted by molar-refractivity contribution is -0.137. The summed E-state index contributed by atoms with van der Waals surface area (Å²) in [6.07, 6.45) is -4.83. The van der Waals surface area contributed by atoms with Gasteiger partial charge in [0.05, 0.1) is 11.6 Å². The number of nitrogen functional groups attached to an aromatic ring is 1. The predicted molar refractivity (Wildman–Crippen MR) is 111 cm³/mol. The molecule has 3 aromatic rings. The lowest BCUT2D eigenvalue weighted by atomic mass is 9.95. The summed E-state index contributed by atoms with van der Waals surface area (Å²) >= 11 is 6.27. The minimum atomic E-state index is -4.83. The number of benzene rings is 3. The van der Waals surface area contributed by atoms with Gasteiger partial charge in [0.1, 0.15) is 5.82 Å². The average Bonchev–Trinajstić information content (AvgIpc) is 3.03. The van der Waals surface area contributed by atoms with Crippen molar-refractivity contribution in [2.75, 3.05) is 11.1 Å². The van der Waals surface area contributed by atoms with Gasteiger partial charge in [0.15, 0.2) is 0 Å². The van der Waals surface area contributed by atoms with Crippen molar-refractivity contribution in [1.82, 2.24) is 5.32 Å². The number of carbonyl (C=O) groups excluding carboxylic acids is 2. The number of nitrogens with one attached hydrogen (secondary N) is 2. The maximum Gasteiger partial charge on any atom is 0.416 e. The molecule has 0 fully saturated rings. The molecule has 1 unspecified atom stereocenters. The molecule has 32 heavy (non-hydrogen) atoms. The summed E-state index contributed by atoms with van der Waals surface area (Å²) in [6.45, 7) is 0. The Labute approximate surface area is 184 Å². The topological polar surface area (TPSA) is 84.2 Å². The molecule has 4 rings (SSSR count). The molecule has 0 spiro atoms. The van der Waals surface area contributed by atoms with E-state index in [1.54, 1.807) is 24.3 Å². The zero-order valence-corrected chi connectivity index (χ0v) is 16.8. The first-order valence-corrected chi connectivity index (χ1v) is 9.60. The molecule has 1 heterocycles. The van der Waals surface area contributed by atoms with Gasteiger partial charge in [-0.25, -0.2) is 4.39 Å². The molecule has 5 nitrogen and oxygen atoms in total. The van der Waals surface area contributed by atoms with Crippen LogP contribution < -0.4 is 16.4 Å². The van der Waals surface area contributed by atoms with Crippen molar-refractivity contribution >= 4 is 34.8 Å². The second-order valence-corrected chi connectivity index (χ2v) is 7.55. The van der Waals surface area contributed by atoms with E-state index in [0.717, 1.165) is 0 Å². The van der Waals surface area contributed by atoms with Crippen LogP contribution in [0.2, 0.25) is 5.02 Å². The van der Waals surface area contributed by atoms with Gasteiger partial charge in [0.25, 0.3) is 11.8 Å². The molecule has 0 aliphatic carbocycles. The number of fused-ring (bicyclic) bond motifs is 1. The van der Waals surface area contributed by atoms with Gasteiger partial charge in [0, 0.05) is 33.1 Å². The highest BCUT2D eigenvalue weighted by Gasteiger charge is 2.35. The van der Waals surface area contributed by atoms with E-state index in [0.29, 0.717) is 34.3 Å². The predicted octanol–water partition coefficient (Wildman–Crippen LogP) is 5.17. The normalized spacial score (nSPS) is 15.3. The Morgan fingerprint density at radius 2 is 1.81 bits per heavy atom. The van der Waals surface area contributed by atoms with E-state index in [4.69, 9.17) is 17.3 Å². The number of anilines is 2. The van der Waals surface area contributed by atoms with E-state index < -0.39 is 41.0 Å². The Hall–Kier alpha value is -3.59. The lowest BCUT2D eigenvalue weighted by Crippen LogP contribution is -2.21. The summed E-state index contributed by atoms with van der Waals surface area (Å²) < 4.78 is 52.8. The fraction of sp³-hybridized carbons (Fsp3) is 0.0909. The van der Waals surface area contributed by atoms with Gasteiger partial charge in [0.2, 0.25) is 0 Å². The van der Waals surface area contributed by atoms with Gasteiger partial charge in [-0.05, 0) is 42.0 Å². The SMILES string of the molecule is Nc1cc(NC(=O)c2cc(F)cc(C(F)(F)F)c2)c2c(c1)C(=O)NC2c1ccccc1Cl. The third-order valence-corrected chi connectivity index (χ3v) is 5.31. The standard InChI is InChI=1S/C22H14ClF4N3O2/c23-16-4-2-1-3-14(16)19-18-15(21(32)30-19)8-13(28)9-17(18)29-20(31)10-5-11(22(25,26)27)7-12(24)6-10/h1-9,19H,28H2,(H,29,31)(H,30,32). The number of nitrogens with two attached hydrogens (primary N) is 1. The summed E-state index contributed by atoms with van der Waals surface area (Å²) in [6, 6.07) is 10.3. The van der Waals surface area contributed by atoms with Crippen molar-refractivity contribution in [3.8, 4) is 0 Å². The number of hydrogen-bond donors (Lipinski definition) is 3. The number of carbonyl (C=O) groups is 2. The van der Waals surface area contributed by atoms with Crippen molar-refractivity contribution < 1.29 is 27.2 Å². The Morgan fingerprint density at radius 1 is 1.09 bits per heavy atom. The summed E-state index contributed by atoms with van der Waals surface area (Å²) in [5.41, 5.74) is 5.33. The largest absolute Gasteiger partial charge is 0.416 e. The first-order valence-electron chi connectivity index (χ1n) is 9.22. The fourth-order valence-electron chi connectivity index (χ4n) is 3.58. The van der Waals surface area contributed by atoms with E-state index in [1.807, 2.05) is 0 Å². The van der Waals surface area contributed by atoms with Crippen molar-refractivity contribution in [2.45, 2.75) is 12.2 Å². The second-order valence-electron chi connectivity index (χ2n) is 7.14. The first kappa shape index (κ1) is 21.6. The average molecular weight is 464 g/mol. The van der Waals surface area contributed by atoms with Gasteiger partial charge in [-0.3, -0.25) is 9.59 Å². The molecule has 0 saturated heterocycles. The zero-order chi connectivity index (χ0) is 23.2. The monoisotopic (exact) mass is 463 g/mol. The molecule has 1 atom stereocenters. The minimum absolute atomic E-state index is 0.0890. The number of halogens is 5.